The molecule has 1 saturated heterocycles. The Morgan fingerprint density at radius 3 is 2.47 bits per heavy atom. The van der Waals surface area contributed by atoms with Gasteiger partial charge >= 0.3 is 6.09 Å². The van der Waals surface area contributed by atoms with Crippen molar-refractivity contribution in [1.29, 1.82) is 0 Å². The Morgan fingerprint density at radius 1 is 1.07 bits per heavy atom. The van der Waals surface area contributed by atoms with Crippen LogP contribution in [0, 0.1) is 23.2 Å². The standard InChI is InChI=1S/C39H52F2N6O9S/c1-6-23-29-19-47(30(23)33(48)45-39(18-24(39)32(40)41)36(50)46-57(52,53)22-13-14-22)35(49)31(38(2,3)4)44-37(51)56-28-16-20(28)10-8-7-9-11-26-34(55-29)43-27-17-21(54-5)12-15-25(27)42-26/h12,15,17,20,22-24,28-32H,6-11,13-14,16,18-19H2,1-5H3,(H,44,51)(H,45,48)(H,46,50). The third-order valence-corrected chi connectivity index (χ3v) is 13.9. The zero-order chi connectivity index (χ0) is 41.0. The summed E-state index contributed by atoms with van der Waals surface area (Å²) in [6, 6.07) is 2.73. The Bertz CT molecular complexity index is 2030. The van der Waals surface area contributed by atoms with Gasteiger partial charge in [-0.2, -0.15) is 0 Å². The van der Waals surface area contributed by atoms with Crippen LogP contribution in [0.2, 0.25) is 0 Å². The van der Waals surface area contributed by atoms with Crippen LogP contribution in [0.3, 0.4) is 0 Å². The molecular formula is C39H52F2N6O9S. The van der Waals surface area contributed by atoms with Gasteiger partial charge in [-0.1, -0.05) is 40.5 Å². The molecule has 57 heavy (non-hydrogen) atoms. The van der Waals surface area contributed by atoms with Gasteiger partial charge in [-0.15, -0.1) is 0 Å². The number of hydrogen-bond donors (Lipinski definition) is 3. The number of hydrogen-bond acceptors (Lipinski definition) is 11. The number of amides is 4. The summed E-state index contributed by atoms with van der Waals surface area (Å²) in [5, 5.41) is 4.43. The second-order valence-corrected chi connectivity index (χ2v) is 19.2. The summed E-state index contributed by atoms with van der Waals surface area (Å²) in [4.78, 5) is 67.3. The van der Waals surface area contributed by atoms with Crippen molar-refractivity contribution in [2.24, 2.45) is 23.2 Å². The number of aromatic nitrogens is 2. The van der Waals surface area contributed by atoms with E-state index < -0.39 is 92.9 Å². The van der Waals surface area contributed by atoms with Crippen molar-refractivity contribution in [3.8, 4) is 11.6 Å². The first-order valence-corrected chi connectivity index (χ1v) is 21.5. The van der Waals surface area contributed by atoms with Crippen molar-refractivity contribution in [2.75, 3.05) is 13.7 Å². The van der Waals surface area contributed by atoms with E-state index in [4.69, 9.17) is 24.2 Å². The highest BCUT2D eigenvalue weighted by atomic mass is 32.2. The number of fused-ring (bicyclic) bond motifs is 5. The van der Waals surface area contributed by atoms with Crippen LogP contribution in [0.1, 0.15) is 91.2 Å². The molecule has 2 aromatic rings. The lowest BCUT2D eigenvalue weighted by Gasteiger charge is -2.36. The van der Waals surface area contributed by atoms with Crippen molar-refractivity contribution in [2.45, 2.75) is 133 Å². The first-order valence-electron chi connectivity index (χ1n) is 19.9. The molecule has 3 heterocycles. The number of carbonyl (C=O) groups is 4. The lowest BCUT2D eigenvalue weighted by atomic mass is 9.85. The van der Waals surface area contributed by atoms with E-state index in [2.05, 4.69) is 10.6 Å². The van der Waals surface area contributed by atoms with Crippen molar-refractivity contribution >= 4 is 44.9 Å². The third kappa shape index (κ3) is 8.46. The number of alkyl halides is 2. The molecule has 1 aromatic heterocycles. The van der Waals surface area contributed by atoms with Crippen LogP contribution >= 0.6 is 0 Å². The van der Waals surface area contributed by atoms with Crippen molar-refractivity contribution < 1.29 is 50.6 Å². The van der Waals surface area contributed by atoms with E-state index in [-0.39, 0.29) is 30.9 Å². The summed E-state index contributed by atoms with van der Waals surface area (Å²) >= 11 is 0. The van der Waals surface area contributed by atoms with Crippen molar-refractivity contribution in [1.82, 2.24) is 30.2 Å². The summed E-state index contributed by atoms with van der Waals surface area (Å²) in [7, 11) is -2.61. The van der Waals surface area contributed by atoms with Gasteiger partial charge < -0.3 is 29.7 Å². The second kappa shape index (κ2) is 15.4. The number of aryl methyl sites for hydroxylation is 1. The number of nitrogens with zero attached hydrogens (tertiary/aromatic N) is 3. The van der Waals surface area contributed by atoms with Gasteiger partial charge in [-0.05, 0) is 74.8 Å². The number of methoxy groups -OCH3 is 1. The molecule has 15 nitrogen and oxygen atoms in total. The van der Waals surface area contributed by atoms with Crippen LogP contribution in [-0.4, -0.2) is 102 Å². The monoisotopic (exact) mass is 818 g/mol. The fourth-order valence-electron chi connectivity index (χ4n) is 8.31. The topological polar surface area (TPSA) is 195 Å². The van der Waals surface area contributed by atoms with E-state index in [0.717, 1.165) is 25.7 Å². The summed E-state index contributed by atoms with van der Waals surface area (Å²) < 4.78 is 73.8. The normalized spacial score (nSPS) is 30.8. The van der Waals surface area contributed by atoms with Crippen LogP contribution in [-0.2, 0) is 35.6 Å². The largest absolute Gasteiger partial charge is 0.497 e. The Labute approximate surface area is 330 Å². The van der Waals surface area contributed by atoms with Crippen molar-refractivity contribution in [3.05, 3.63) is 23.9 Å². The molecule has 8 unspecified atom stereocenters. The quantitative estimate of drug-likeness (QED) is 0.348. The van der Waals surface area contributed by atoms with Crippen molar-refractivity contribution in [3.63, 3.8) is 0 Å². The van der Waals surface area contributed by atoms with E-state index in [1.54, 1.807) is 45.9 Å². The number of rotatable bonds is 8. The molecule has 5 aliphatic rings. The van der Waals surface area contributed by atoms with Gasteiger partial charge in [0, 0.05) is 12.0 Å². The highest BCUT2D eigenvalue weighted by Gasteiger charge is 2.67. The molecule has 0 spiro atoms. The molecule has 312 valence electrons. The van der Waals surface area contributed by atoms with E-state index in [0.29, 0.717) is 48.2 Å². The molecule has 4 amide bonds. The van der Waals surface area contributed by atoms with Gasteiger partial charge in [0.2, 0.25) is 34.1 Å². The maximum atomic E-state index is 14.8. The van der Waals surface area contributed by atoms with Gasteiger partial charge in [-0.25, -0.2) is 32.0 Å². The number of ether oxygens (including phenoxy) is 3. The van der Waals surface area contributed by atoms with E-state index >= 15 is 0 Å². The first kappa shape index (κ1) is 40.8. The van der Waals surface area contributed by atoms with Crippen LogP contribution in [0.5, 0.6) is 11.6 Å². The summed E-state index contributed by atoms with van der Waals surface area (Å²) in [6.07, 6.45) is 0.0874. The Hall–Kier alpha value is -4.35. The van der Waals surface area contributed by atoms with Crippen LogP contribution in [0.4, 0.5) is 13.6 Å². The molecule has 4 fully saturated rings. The molecule has 3 N–H and O–H groups in total. The average molecular weight is 819 g/mol. The van der Waals surface area contributed by atoms with E-state index in [1.165, 1.54) is 12.0 Å². The molecule has 3 aliphatic carbocycles. The fourth-order valence-corrected chi connectivity index (χ4v) is 9.67. The minimum absolute atomic E-state index is 0.172. The SMILES string of the molecule is CCC1C2CN(C(=O)C(C(C)(C)C)NC(=O)OC3CC3CCCCCc3nc4ccc(OC)cc4nc3O2)C1C(=O)NC1(C(=O)NS(=O)(=O)C2CC2)CC1C(F)F. The summed E-state index contributed by atoms with van der Waals surface area (Å²) in [6.45, 7) is 6.87. The highest BCUT2D eigenvalue weighted by Crippen LogP contribution is 2.49. The van der Waals surface area contributed by atoms with Crippen LogP contribution < -0.4 is 24.8 Å². The lowest BCUT2D eigenvalue weighted by Crippen LogP contribution is -2.61. The molecule has 2 aliphatic heterocycles. The zero-order valence-corrected chi connectivity index (χ0v) is 33.7. The van der Waals surface area contributed by atoms with Gasteiger partial charge in [0.05, 0.1) is 35.9 Å². The molecule has 8 atom stereocenters. The van der Waals surface area contributed by atoms with Gasteiger partial charge in [0.1, 0.15) is 41.3 Å². The predicted molar refractivity (Wildman–Crippen MR) is 202 cm³/mol. The number of benzene rings is 1. The molecule has 0 radical (unpaired) electrons. The molecular weight excluding hydrogens is 767 g/mol. The average Bonchev–Trinajstić information content (AvgIpc) is 4.06. The van der Waals surface area contributed by atoms with Gasteiger partial charge in [0.25, 0.3) is 5.91 Å². The number of sulfonamides is 1. The van der Waals surface area contributed by atoms with Crippen LogP contribution in [0.15, 0.2) is 18.2 Å². The molecule has 18 heteroatoms. The minimum atomic E-state index is -4.14. The minimum Gasteiger partial charge on any atom is -0.497 e. The third-order valence-electron chi connectivity index (χ3n) is 12.0. The van der Waals surface area contributed by atoms with Crippen LogP contribution in [0.25, 0.3) is 11.0 Å². The maximum Gasteiger partial charge on any atom is 0.408 e. The van der Waals surface area contributed by atoms with Gasteiger partial charge in [0.15, 0.2) is 0 Å². The molecule has 3 saturated carbocycles. The molecule has 7 rings (SSSR count). The van der Waals surface area contributed by atoms with E-state index in [9.17, 15) is 36.4 Å². The Morgan fingerprint density at radius 2 is 1.82 bits per heavy atom. The lowest BCUT2D eigenvalue weighted by molar-refractivity contribution is -0.144. The maximum absolute atomic E-state index is 14.8. The van der Waals surface area contributed by atoms with E-state index in [1.807, 2.05) is 4.72 Å². The summed E-state index contributed by atoms with van der Waals surface area (Å²) in [5.74, 6) is -4.29. The second-order valence-electron chi connectivity index (χ2n) is 17.3. The fraction of sp³-hybridized carbons (Fsp3) is 0.692. The summed E-state index contributed by atoms with van der Waals surface area (Å²) in [5.41, 5.74) is -1.41. The molecule has 2 bridgehead atoms. The number of carbonyl (C=O) groups excluding carboxylic acids is 4. The number of halogens is 2. The number of nitrogens with one attached hydrogen (secondary N) is 3. The highest BCUT2D eigenvalue weighted by molar-refractivity contribution is 7.91. The first-order chi connectivity index (χ1) is 26.9. The zero-order valence-electron chi connectivity index (χ0n) is 32.9. The smallest absolute Gasteiger partial charge is 0.408 e. The molecule has 1 aromatic carbocycles. The van der Waals surface area contributed by atoms with Gasteiger partial charge in [-0.3, -0.25) is 19.1 Å². The Balaban J connectivity index is 1.27. The predicted octanol–water partition coefficient (Wildman–Crippen LogP) is 4.02. The Kier molecular flexibility index (Phi) is 11.1. The number of alkyl carbamates (subject to hydrolysis) is 1.